The molecule has 7 nitrogen and oxygen atoms in total. The minimum Gasteiger partial charge on any atom is -0.335 e. The number of piperazine rings is 1. The third-order valence-corrected chi connectivity index (χ3v) is 5.37. The van der Waals surface area contributed by atoms with Crippen molar-refractivity contribution in [3.8, 4) is 11.3 Å². The molecule has 0 spiro atoms. The Morgan fingerprint density at radius 3 is 2.41 bits per heavy atom. The predicted molar refractivity (Wildman–Crippen MR) is 116 cm³/mol. The molecule has 3 amide bonds. The minimum atomic E-state index is -0.782. The van der Waals surface area contributed by atoms with Crippen molar-refractivity contribution in [3.63, 3.8) is 0 Å². The summed E-state index contributed by atoms with van der Waals surface area (Å²) in [5, 5.41) is 7.09. The van der Waals surface area contributed by atoms with Gasteiger partial charge in [-0.25, -0.2) is 13.6 Å². The van der Waals surface area contributed by atoms with Crippen LogP contribution in [0, 0.1) is 18.6 Å². The summed E-state index contributed by atoms with van der Waals surface area (Å²) in [6.45, 7) is 3.35. The van der Waals surface area contributed by atoms with Gasteiger partial charge in [-0.3, -0.25) is 9.48 Å². The molecule has 0 unspecified atom stereocenters. The molecule has 0 bridgehead atoms. The summed E-state index contributed by atoms with van der Waals surface area (Å²) in [5.41, 5.74) is 2.22. The molecule has 3 aromatic rings. The van der Waals surface area contributed by atoms with Crippen LogP contribution in [-0.2, 0) is 7.05 Å². The molecule has 0 radical (unpaired) electrons. The Balaban J connectivity index is 1.44. The number of carbonyl (C=O) groups excluding carboxylic acids is 2. The molecule has 0 saturated carbocycles. The van der Waals surface area contributed by atoms with E-state index in [1.165, 1.54) is 16.9 Å². The van der Waals surface area contributed by atoms with Gasteiger partial charge in [0, 0.05) is 56.7 Å². The first-order valence-corrected chi connectivity index (χ1v) is 10.2. The lowest BCUT2D eigenvalue weighted by Gasteiger charge is -2.34. The zero-order valence-electron chi connectivity index (χ0n) is 17.8. The number of carbonyl (C=O) groups is 2. The fraction of sp³-hybridized carbons (Fsp3) is 0.261. The Labute approximate surface area is 184 Å². The fourth-order valence-electron chi connectivity index (χ4n) is 3.73. The maximum absolute atomic E-state index is 14.3. The molecular formula is C23H23F2N5O2. The van der Waals surface area contributed by atoms with Crippen molar-refractivity contribution in [1.29, 1.82) is 0 Å². The van der Waals surface area contributed by atoms with Gasteiger partial charge in [0.1, 0.15) is 17.3 Å². The van der Waals surface area contributed by atoms with Crippen LogP contribution in [-0.4, -0.2) is 57.7 Å². The number of nitrogens with one attached hydrogen (secondary N) is 1. The van der Waals surface area contributed by atoms with Crippen molar-refractivity contribution in [3.05, 3.63) is 71.4 Å². The van der Waals surface area contributed by atoms with E-state index < -0.39 is 11.6 Å². The van der Waals surface area contributed by atoms with Gasteiger partial charge in [0.15, 0.2) is 0 Å². The van der Waals surface area contributed by atoms with E-state index in [0.29, 0.717) is 26.2 Å². The summed E-state index contributed by atoms with van der Waals surface area (Å²) in [6.07, 6.45) is 1.53. The van der Waals surface area contributed by atoms with Gasteiger partial charge in [0.05, 0.1) is 5.56 Å². The predicted octanol–water partition coefficient (Wildman–Crippen LogP) is 3.66. The van der Waals surface area contributed by atoms with Crippen molar-refractivity contribution in [2.24, 2.45) is 7.05 Å². The number of aryl methyl sites for hydroxylation is 2. The lowest BCUT2D eigenvalue weighted by molar-refractivity contribution is 0.0672. The summed E-state index contributed by atoms with van der Waals surface area (Å²) < 4.78 is 29.0. The van der Waals surface area contributed by atoms with Crippen molar-refractivity contribution in [1.82, 2.24) is 19.6 Å². The third kappa shape index (κ3) is 4.46. The molecule has 32 heavy (non-hydrogen) atoms. The monoisotopic (exact) mass is 439 g/mol. The number of rotatable bonds is 3. The molecule has 1 saturated heterocycles. The zero-order chi connectivity index (χ0) is 22.8. The van der Waals surface area contributed by atoms with Gasteiger partial charge in [-0.05, 0) is 36.8 Å². The maximum atomic E-state index is 14.3. The van der Waals surface area contributed by atoms with E-state index in [-0.39, 0.29) is 28.8 Å². The van der Waals surface area contributed by atoms with E-state index in [4.69, 9.17) is 0 Å². The summed E-state index contributed by atoms with van der Waals surface area (Å²) in [5.74, 6) is -1.79. The number of hydrogen-bond donors (Lipinski definition) is 1. The van der Waals surface area contributed by atoms with Gasteiger partial charge in [0.25, 0.3) is 5.91 Å². The molecule has 1 N–H and O–H groups in total. The Morgan fingerprint density at radius 2 is 1.72 bits per heavy atom. The van der Waals surface area contributed by atoms with Crippen molar-refractivity contribution < 1.29 is 18.4 Å². The molecule has 9 heteroatoms. The largest absolute Gasteiger partial charge is 0.335 e. The maximum Gasteiger partial charge on any atom is 0.321 e. The van der Waals surface area contributed by atoms with Crippen LogP contribution in [0.5, 0.6) is 0 Å². The zero-order valence-corrected chi connectivity index (χ0v) is 17.8. The van der Waals surface area contributed by atoms with Gasteiger partial charge in [0.2, 0.25) is 0 Å². The van der Waals surface area contributed by atoms with Crippen LogP contribution in [0.2, 0.25) is 0 Å². The van der Waals surface area contributed by atoms with Gasteiger partial charge < -0.3 is 15.1 Å². The highest BCUT2D eigenvalue weighted by molar-refractivity contribution is 6.00. The number of aromatic nitrogens is 2. The van der Waals surface area contributed by atoms with Crippen LogP contribution in [0.25, 0.3) is 11.3 Å². The third-order valence-electron chi connectivity index (χ3n) is 5.37. The van der Waals surface area contributed by atoms with E-state index in [1.807, 2.05) is 31.2 Å². The quantitative estimate of drug-likeness (QED) is 0.677. The second-order valence-electron chi connectivity index (χ2n) is 7.77. The van der Waals surface area contributed by atoms with Gasteiger partial charge in [-0.15, -0.1) is 0 Å². The normalized spacial score (nSPS) is 13.9. The van der Waals surface area contributed by atoms with Crippen LogP contribution in [0.1, 0.15) is 15.9 Å². The van der Waals surface area contributed by atoms with E-state index in [9.17, 15) is 18.4 Å². The molecule has 0 atom stereocenters. The number of anilines is 1. The van der Waals surface area contributed by atoms with Gasteiger partial charge in [-0.2, -0.15) is 5.10 Å². The number of nitrogens with zero attached hydrogens (tertiary/aromatic N) is 4. The molecule has 166 valence electrons. The van der Waals surface area contributed by atoms with E-state index >= 15 is 0 Å². The second-order valence-corrected chi connectivity index (χ2v) is 7.77. The molecule has 0 aliphatic carbocycles. The average Bonchev–Trinajstić information content (AvgIpc) is 3.14. The first-order valence-electron chi connectivity index (χ1n) is 10.2. The number of urea groups is 1. The highest BCUT2D eigenvalue weighted by Gasteiger charge is 2.28. The molecule has 1 aliphatic heterocycles. The lowest BCUT2D eigenvalue weighted by Crippen LogP contribution is -2.51. The highest BCUT2D eigenvalue weighted by Crippen LogP contribution is 2.27. The van der Waals surface area contributed by atoms with Crippen LogP contribution in [0.15, 0.2) is 48.7 Å². The molecule has 2 heterocycles. The van der Waals surface area contributed by atoms with Crippen molar-refractivity contribution in [2.45, 2.75) is 6.92 Å². The summed E-state index contributed by atoms with van der Waals surface area (Å²) >= 11 is 0. The Morgan fingerprint density at radius 1 is 1.00 bits per heavy atom. The summed E-state index contributed by atoms with van der Waals surface area (Å²) in [6, 6.07) is 10.5. The fourth-order valence-corrected chi connectivity index (χ4v) is 3.73. The Kier molecular flexibility index (Phi) is 5.89. The van der Waals surface area contributed by atoms with Crippen molar-refractivity contribution >= 4 is 17.6 Å². The van der Waals surface area contributed by atoms with Crippen molar-refractivity contribution in [2.75, 3.05) is 31.5 Å². The first-order chi connectivity index (χ1) is 15.3. The smallest absolute Gasteiger partial charge is 0.321 e. The molecular weight excluding hydrogens is 416 g/mol. The number of halogens is 2. The topological polar surface area (TPSA) is 70.5 Å². The van der Waals surface area contributed by atoms with E-state index in [2.05, 4.69) is 10.4 Å². The van der Waals surface area contributed by atoms with Crippen LogP contribution >= 0.6 is 0 Å². The molecule has 1 aromatic heterocycles. The Hall–Kier alpha value is -3.75. The first kappa shape index (κ1) is 21.5. The SMILES string of the molecule is Cc1cccc(NC(=O)N2CCN(C(=O)c3cn(C)nc3-c3ccc(F)cc3F)CC2)c1. The minimum absolute atomic E-state index is 0.0616. The lowest BCUT2D eigenvalue weighted by atomic mass is 10.1. The molecule has 4 rings (SSSR count). The van der Waals surface area contributed by atoms with Gasteiger partial charge >= 0.3 is 6.03 Å². The average molecular weight is 439 g/mol. The van der Waals surface area contributed by atoms with Crippen LogP contribution < -0.4 is 5.32 Å². The standard InChI is InChI=1S/C23H23F2N5O2/c1-15-4-3-5-17(12-15)26-23(32)30-10-8-29(9-11-30)22(31)19-14-28(2)27-21(19)18-7-6-16(24)13-20(18)25/h3-7,12-14H,8-11H2,1-2H3,(H,26,32). The molecule has 1 fully saturated rings. The number of benzene rings is 2. The van der Waals surface area contributed by atoms with Crippen LogP contribution in [0.4, 0.5) is 19.3 Å². The Bertz CT molecular complexity index is 1170. The summed E-state index contributed by atoms with van der Waals surface area (Å²) in [4.78, 5) is 29.0. The van der Waals surface area contributed by atoms with E-state index in [1.54, 1.807) is 16.8 Å². The summed E-state index contributed by atoms with van der Waals surface area (Å²) in [7, 11) is 1.63. The molecule has 2 aromatic carbocycles. The van der Waals surface area contributed by atoms with Gasteiger partial charge in [-0.1, -0.05) is 12.1 Å². The van der Waals surface area contributed by atoms with E-state index in [0.717, 1.165) is 23.4 Å². The number of hydrogen-bond acceptors (Lipinski definition) is 3. The highest BCUT2D eigenvalue weighted by atomic mass is 19.1. The van der Waals surface area contributed by atoms with Crippen LogP contribution in [0.3, 0.4) is 0 Å². The molecule has 1 aliphatic rings. The second kappa shape index (κ2) is 8.78. The number of amides is 3.